The van der Waals surface area contributed by atoms with Crippen LogP contribution < -0.4 is 37.4 Å². The van der Waals surface area contributed by atoms with Crippen LogP contribution in [-0.2, 0) is 12.3 Å². The van der Waals surface area contributed by atoms with Gasteiger partial charge in [0.05, 0.1) is 0 Å². The number of hydrogen-bond donors (Lipinski definition) is 2. The second-order valence-corrected chi connectivity index (χ2v) is 27.7. The molecule has 0 amide bonds. The lowest BCUT2D eigenvalue weighted by atomic mass is 10.4. The maximum atomic E-state index is 8.24. The van der Waals surface area contributed by atoms with Gasteiger partial charge >= 0.3 is 17.1 Å². The van der Waals surface area contributed by atoms with E-state index in [1.165, 1.54) is 10.4 Å². The van der Waals surface area contributed by atoms with Crippen molar-refractivity contribution in [2.45, 2.75) is 44.6 Å². The Morgan fingerprint density at radius 2 is 0.771 bits per heavy atom. The molecule has 250 valence electrons. The van der Waals surface area contributed by atoms with Gasteiger partial charge in [-0.05, 0) is 83.6 Å². The molecule has 0 heterocycles. The zero-order valence-electron chi connectivity index (χ0n) is 28.6. The molecule has 0 saturated heterocycles. The minimum atomic E-state index is -3.59. The van der Waals surface area contributed by atoms with Crippen LogP contribution >= 0.6 is 0 Å². The second-order valence-electron chi connectivity index (χ2n) is 13.1. The van der Waals surface area contributed by atoms with Gasteiger partial charge in [0.1, 0.15) is 0 Å². The molecule has 0 aliphatic heterocycles. The number of nitrogens with two attached hydrogens (primary N) is 2. The first-order chi connectivity index (χ1) is 23.3. The van der Waals surface area contributed by atoms with Crippen molar-refractivity contribution in [1.29, 1.82) is 0 Å². The summed E-state index contributed by atoms with van der Waals surface area (Å²) in [6, 6.07) is 55.2. The molecular formula is C39H50N2O3Si4. The summed E-state index contributed by atoms with van der Waals surface area (Å²) in [5.41, 5.74) is 12.3. The zero-order chi connectivity index (χ0) is 33.9. The number of benzene rings is 5. The van der Waals surface area contributed by atoms with E-state index in [0.29, 0.717) is 13.1 Å². The fourth-order valence-electron chi connectivity index (χ4n) is 6.63. The Hall–Kier alpha value is -3.23. The van der Waals surface area contributed by atoms with E-state index >= 15 is 0 Å². The molecule has 1 unspecified atom stereocenters. The summed E-state index contributed by atoms with van der Waals surface area (Å²) in [4.78, 5) is 0. The standard InChI is InChI=1S/C39H50N2O3Si4/c1-45(2,33-19-31-40)42-46(3,35-21-9-4-10-22-35)43-48(38-27-15-7-16-28-38,39-29-17-8-18-30-39)44-47(34-20-32-41,36-23-11-5-12-24-36)37-25-13-6-14-26-37/h4-18,21-30H,19-20,31-34,40-41H2,1-3H3. The smallest absolute Gasteiger partial charge is 0.388 e. The highest BCUT2D eigenvalue weighted by Crippen LogP contribution is 2.29. The molecule has 5 aromatic rings. The van der Waals surface area contributed by atoms with Crippen molar-refractivity contribution < 1.29 is 12.3 Å². The van der Waals surface area contributed by atoms with Crippen LogP contribution in [0.25, 0.3) is 0 Å². The number of hydrogen-bond acceptors (Lipinski definition) is 5. The van der Waals surface area contributed by atoms with E-state index in [0.717, 1.165) is 40.5 Å². The predicted octanol–water partition coefficient (Wildman–Crippen LogP) is 4.93. The minimum absolute atomic E-state index is 0.574. The Bertz CT molecular complexity index is 1590. The van der Waals surface area contributed by atoms with E-state index in [9.17, 15) is 0 Å². The molecule has 5 aromatic carbocycles. The van der Waals surface area contributed by atoms with Gasteiger partial charge in [0.2, 0.25) is 8.32 Å². The lowest BCUT2D eigenvalue weighted by Crippen LogP contribution is -2.78. The zero-order valence-corrected chi connectivity index (χ0v) is 32.6. The van der Waals surface area contributed by atoms with E-state index in [2.05, 4.69) is 171 Å². The number of rotatable bonds is 17. The van der Waals surface area contributed by atoms with Gasteiger partial charge in [0.25, 0.3) is 0 Å². The fourth-order valence-corrected chi connectivity index (χ4v) is 27.2. The van der Waals surface area contributed by atoms with Crippen molar-refractivity contribution >= 4 is 59.7 Å². The van der Waals surface area contributed by atoms with Crippen molar-refractivity contribution in [2.24, 2.45) is 11.5 Å². The molecule has 4 N–H and O–H groups in total. The molecule has 0 radical (unpaired) electrons. The van der Waals surface area contributed by atoms with E-state index in [4.69, 9.17) is 23.8 Å². The minimum Gasteiger partial charge on any atom is -0.433 e. The first kappa shape index (κ1) is 36.1. The maximum Gasteiger partial charge on any atom is 0.388 e. The maximum absolute atomic E-state index is 8.24. The van der Waals surface area contributed by atoms with Gasteiger partial charge in [-0.25, -0.2) is 0 Å². The average molecular weight is 707 g/mol. The highest BCUT2D eigenvalue weighted by atomic mass is 28.5. The fraction of sp³-hybridized carbons (Fsp3) is 0.231. The van der Waals surface area contributed by atoms with Gasteiger partial charge in [-0.1, -0.05) is 152 Å². The molecule has 0 aliphatic rings. The highest BCUT2D eigenvalue weighted by molar-refractivity contribution is 7.09. The summed E-state index contributed by atoms with van der Waals surface area (Å²) >= 11 is 0. The molecule has 0 spiro atoms. The van der Waals surface area contributed by atoms with Crippen LogP contribution in [0, 0.1) is 0 Å². The van der Waals surface area contributed by atoms with Crippen LogP contribution in [0.1, 0.15) is 12.8 Å². The van der Waals surface area contributed by atoms with Crippen LogP contribution in [0.5, 0.6) is 0 Å². The third kappa shape index (κ3) is 8.31. The van der Waals surface area contributed by atoms with Crippen molar-refractivity contribution in [3.05, 3.63) is 152 Å². The highest BCUT2D eigenvalue weighted by Gasteiger charge is 2.57. The molecule has 0 fully saturated rings. The molecular weight excluding hydrogens is 657 g/mol. The summed E-state index contributed by atoms with van der Waals surface area (Å²) in [7, 11) is -12.0. The Labute approximate surface area is 291 Å². The Balaban J connectivity index is 1.83. The van der Waals surface area contributed by atoms with Crippen LogP contribution in [0.3, 0.4) is 0 Å². The van der Waals surface area contributed by atoms with Crippen molar-refractivity contribution in [3.8, 4) is 0 Å². The Kier molecular flexibility index (Phi) is 12.4. The van der Waals surface area contributed by atoms with E-state index in [1.807, 2.05) is 0 Å². The summed E-state index contributed by atoms with van der Waals surface area (Å²) in [6.07, 6.45) is 1.75. The van der Waals surface area contributed by atoms with Gasteiger partial charge in [0.15, 0.2) is 8.32 Å². The van der Waals surface area contributed by atoms with Gasteiger partial charge in [-0.15, -0.1) is 0 Å². The lowest BCUT2D eigenvalue weighted by molar-refractivity contribution is 0.348. The SMILES string of the molecule is C[Si](C)(CCCN)O[Si](C)(O[Si](O[Si](CCCN)(c1ccccc1)c1ccccc1)(c1ccccc1)c1ccccc1)c1ccccc1. The Morgan fingerprint density at radius 1 is 0.417 bits per heavy atom. The molecule has 0 aromatic heterocycles. The van der Waals surface area contributed by atoms with Gasteiger partial charge in [-0.3, -0.25) is 0 Å². The topological polar surface area (TPSA) is 79.7 Å². The summed E-state index contributed by atoms with van der Waals surface area (Å²) in [6.45, 7) is 8.03. The van der Waals surface area contributed by atoms with Crippen LogP contribution in [0.15, 0.2) is 152 Å². The quantitative estimate of drug-likeness (QED) is 0.134. The molecule has 48 heavy (non-hydrogen) atoms. The third-order valence-corrected chi connectivity index (χ3v) is 26.7. The summed E-state index contributed by atoms with van der Waals surface area (Å²) in [5, 5.41) is 5.64. The second kappa shape index (κ2) is 16.4. The molecule has 0 aliphatic carbocycles. The Morgan fingerprint density at radius 3 is 1.17 bits per heavy atom. The van der Waals surface area contributed by atoms with Crippen LogP contribution in [0.4, 0.5) is 0 Å². The lowest BCUT2D eigenvalue weighted by Gasteiger charge is -2.47. The van der Waals surface area contributed by atoms with Crippen LogP contribution in [0.2, 0.25) is 31.7 Å². The predicted molar refractivity (Wildman–Crippen MR) is 211 cm³/mol. The molecule has 0 bridgehead atoms. The summed E-state index contributed by atoms with van der Waals surface area (Å²) < 4.78 is 23.7. The van der Waals surface area contributed by atoms with Crippen molar-refractivity contribution in [2.75, 3.05) is 13.1 Å². The molecule has 0 saturated carbocycles. The van der Waals surface area contributed by atoms with E-state index < -0.39 is 33.8 Å². The van der Waals surface area contributed by atoms with Gasteiger partial charge < -0.3 is 23.8 Å². The van der Waals surface area contributed by atoms with Crippen molar-refractivity contribution in [1.82, 2.24) is 0 Å². The average Bonchev–Trinajstić information content (AvgIpc) is 3.14. The van der Waals surface area contributed by atoms with Crippen LogP contribution in [-0.4, -0.2) is 46.8 Å². The first-order valence-electron chi connectivity index (χ1n) is 17.1. The van der Waals surface area contributed by atoms with E-state index in [-0.39, 0.29) is 0 Å². The largest absolute Gasteiger partial charge is 0.433 e. The normalized spacial score (nSPS) is 13.6. The van der Waals surface area contributed by atoms with E-state index in [1.54, 1.807) is 0 Å². The molecule has 5 nitrogen and oxygen atoms in total. The van der Waals surface area contributed by atoms with Gasteiger partial charge in [-0.2, -0.15) is 0 Å². The monoisotopic (exact) mass is 706 g/mol. The molecule has 1 atom stereocenters. The molecule has 5 rings (SSSR count). The third-order valence-electron chi connectivity index (χ3n) is 8.93. The first-order valence-corrected chi connectivity index (χ1v) is 26.4. The summed E-state index contributed by atoms with van der Waals surface area (Å²) in [5.74, 6) is 0. The molecule has 9 heteroatoms. The van der Waals surface area contributed by atoms with Crippen molar-refractivity contribution in [3.63, 3.8) is 0 Å². The van der Waals surface area contributed by atoms with Gasteiger partial charge in [0, 0.05) is 0 Å².